The molecule has 3 atom stereocenters. The summed E-state index contributed by atoms with van der Waals surface area (Å²) in [7, 11) is 0. The fourth-order valence-corrected chi connectivity index (χ4v) is 6.50. The first-order valence-electron chi connectivity index (χ1n) is 5.37. The van der Waals surface area contributed by atoms with Crippen molar-refractivity contribution in [2.45, 2.75) is 39.2 Å². The molecule has 0 N–H and O–H groups in total. The maximum atomic E-state index is 6.05. The van der Waals surface area contributed by atoms with Gasteiger partial charge in [0, 0.05) is 0 Å². The Balaban J connectivity index is 2.12. The van der Waals surface area contributed by atoms with Gasteiger partial charge in [-0.1, -0.05) is 13.8 Å². The van der Waals surface area contributed by atoms with Gasteiger partial charge in [-0.2, -0.15) is 0 Å². The SMILES string of the molecule is CC1(C)[C@@H]2CC[C@@H](C2)[C@@H]1C[Si](Cl)(Cl)Cl. The molecule has 14 heavy (non-hydrogen) atoms. The molecule has 0 aromatic carbocycles. The highest BCUT2D eigenvalue weighted by molar-refractivity contribution is 7.64. The quantitative estimate of drug-likeness (QED) is 0.504. The third kappa shape index (κ3) is 1.98. The van der Waals surface area contributed by atoms with Crippen molar-refractivity contribution >= 4 is 39.2 Å². The first-order chi connectivity index (χ1) is 6.31. The van der Waals surface area contributed by atoms with Crippen molar-refractivity contribution in [1.82, 2.24) is 0 Å². The molecular weight excluding hydrogens is 255 g/mol. The number of rotatable bonds is 2. The predicted octanol–water partition coefficient (Wildman–Crippen LogP) is 4.71. The smallest absolute Gasteiger partial charge is 0.126 e. The monoisotopic (exact) mass is 270 g/mol. The summed E-state index contributed by atoms with van der Waals surface area (Å²) in [5.74, 6) is 2.40. The lowest BCUT2D eigenvalue weighted by Crippen LogP contribution is -2.34. The van der Waals surface area contributed by atoms with Crippen LogP contribution in [-0.2, 0) is 0 Å². The summed E-state index contributed by atoms with van der Waals surface area (Å²) in [5.41, 5.74) is 0.417. The predicted molar refractivity (Wildman–Crippen MR) is 66.2 cm³/mol. The lowest BCUT2D eigenvalue weighted by atomic mass is 9.69. The van der Waals surface area contributed by atoms with Crippen LogP contribution in [-0.4, -0.2) is 6.00 Å². The highest BCUT2D eigenvalue weighted by Gasteiger charge is 2.54. The molecule has 2 aliphatic rings. The third-order valence-electron chi connectivity index (χ3n) is 4.50. The minimum absolute atomic E-state index is 0.417. The molecule has 4 heteroatoms. The minimum Gasteiger partial charge on any atom is -0.126 e. The second-order valence-corrected chi connectivity index (χ2v) is 14.7. The summed E-state index contributed by atoms with van der Waals surface area (Å²) in [6, 6.07) is -1.57. The van der Waals surface area contributed by atoms with Crippen molar-refractivity contribution in [3.8, 4) is 0 Å². The van der Waals surface area contributed by atoms with Crippen molar-refractivity contribution in [1.29, 1.82) is 0 Å². The third-order valence-corrected chi connectivity index (χ3v) is 6.79. The van der Waals surface area contributed by atoms with E-state index in [1.54, 1.807) is 0 Å². The maximum Gasteiger partial charge on any atom is 0.341 e. The molecule has 2 fully saturated rings. The van der Waals surface area contributed by atoms with Gasteiger partial charge in [0.2, 0.25) is 0 Å². The highest BCUT2D eigenvalue weighted by Crippen LogP contribution is 2.61. The van der Waals surface area contributed by atoms with Gasteiger partial charge >= 0.3 is 6.00 Å². The Bertz CT molecular complexity index is 234. The number of halogens is 3. The molecule has 0 aromatic heterocycles. The van der Waals surface area contributed by atoms with Crippen LogP contribution in [0.5, 0.6) is 0 Å². The second-order valence-electron chi connectivity index (χ2n) is 5.52. The topological polar surface area (TPSA) is 0 Å². The molecule has 82 valence electrons. The average Bonchev–Trinajstić information content (AvgIpc) is 2.51. The molecule has 2 saturated carbocycles. The molecule has 2 bridgehead atoms. The molecule has 2 rings (SSSR count). The Hall–Kier alpha value is 1.09. The normalized spacial score (nSPS) is 40.5. The van der Waals surface area contributed by atoms with Crippen molar-refractivity contribution in [2.75, 3.05) is 0 Å². The van der Waals surface area contributed by atoms with Crippen LogP contribution in [0.15, 0.2) is 0 Å². The van der Waals surface area contributed by atoms with Crippen LogP contribution in [0.2, 0.25) is 6.04 Å². The van der Waals surface area contributed by atoms with Gasteiger partial charge in [-0.3, -0.25) is 0 Å². The van der Waals surface area contributed by atoms with E-state index in [1.807, 2.05) is 0 Å². The first kappa shape index (κ1) is 11.6. The zero-order valence-electron chi connectivity index (χ0n) is 8.69. The van der Waals surface area contributed by atoms with Gasteiger partial charge in [0.1, 0.15) is 0 Å². The van der Waals surface area contributed by atoms with Gasteiger partial charge in [0.15, 0.2) is 0 Å². The van der Waals surface area contributed by atoms with Crippen LogP contribution >= 0.6 is 33.2 Å². The molecule has 0 amide bonds. The molecule has 0 unspecified atom stereocenters. The zero-order chi connectivity index (χ0) is 10.6. The molecule has 0 nitrogen and oxygen atoms in total. The summed E-state index contributed by atoms with van der Waals surface area (Å²) in [4.78, 5) is 0. The molecule has 0 heterocycles. The van der Waals surface area contributed by atoms with Gasteiger partial charge < -0.3 is 0 Å². The van der Waals surface area contributed by atoms with Gasteiger partial charge in [-0.05, 0) is 48.5 Å². The molecule has 2 aliphatic carbocycles. The van der Waals surface area contributed by atoms with Crippen LogP contribution in [0.25, 0.3) is 0 Å². The van der Waals surface area contributed by atoms with Crippen molar-refractivity contribution in [2.24, 2.45) is 23.2 Å². The number of fused-ring (bicyclic) bond motifs is 2. The minimum atomic E-state index is -2.43. The van der Waals surface area contributed by atoms with E-state index in [4.69, 9.17) is 33.2 Å². The van der Waals surface area contributed by atoms with Crippen molar-refractivity contribution in [3.05, 3.63) is 0 Å². The molecule has 0 radical (unpaired) electrons. The Morgan fingerprint density at radius 2 is 1.86 bits per heavy atom. The Morgan fingerprint density at radius 1 is 1.21 bits per heavy atom. The van der Waals surface area contributed by atoms with E-state index in [9.17, 15) is 0 Å². The van der Waals surface area contributed by atoms with Gasteiger partial charge in [0.05, 0.1) is 0 Å². The summed E-state index contributed by atoms with van der Waals surface area (Å²) < 4.78 is 0. The summed E-state index contributed by atoms with van der Waals surface area (Å²) in [5, 5.41) is 0. The zero-order valence-corrected chi connectivity index (χ0v) is 12.0. The van der Waals surface area contributed by atoms with E-state index in [2.05, 4.69) is 13.8 Å². The van der Waals surface area contributed by atoms with E-state index >= 15 is 0 Å². The summed E-state index contributed by atoms with van der Waals surface area (Å²) >= 11 is 18.1. The lowest BCUT2D eigenvalue weighted by molar-refractivity contribution is 0.137. The standard InChI is InChI=1S/C10H17Cl3Si/c1-10(2)8-4-3-7(5-8)9(10)6-14(11,12)13/h7-9H,3-6H2,1-2H3/t7-,8+,9-/m0/s1. The largest absolute Gasteiger partial charge is 0.341 e. The van der Waals surface area contributed by atoms with E-state index in [0.29, 0.717) is 11.3 Å². The molecular formula is C10H17Cl3Si. The maximum absolute atomic E-state index is 6.05. The lowest BCUT2D eigenvalue weighted by Gasteiger charge is -2.39. The first-order valence-corrected chi connectivity index (χ1v) is 10.6. The van der Waals surface area contributed by atoms with Crippen LogP contribution < -0.4 is 0 Å². The van der Waals surface area contributed by atoms with Gasteiger partial charge in [0.25, 0.3) is 0 Å². The Labute approximate surface area is 101 Å². The fraction of sp³-hybridized carbons (Fsp3) is 1.00. The van der Waals surface area contributed by atoms with Crippen LogP contribution in [0.4, 0.5) is 0 Å². The van der Waals surface area contributed by atoms with E-state index in [1.165, 1.54) is 19.3 Å². The van der Waals surface area contributed by atoms with Crippen molar-refractivity contribution < 1.29 is 0 Å². The Kier molecular flexibility index (Phi) is 2.93. The molecule has 0 aromatic rings. The van der Waals surface area contributed by atoms with Crippen LogP contribution in [0.3, 0.4) is 0 Å². The second kappa shape index (κ2) is 3.55. The van der Waals surface area contributed by atoms with E-state index in [-0.39, 0.29) is 0 Å². The van der Waals surface area contributed by atoms with E-state index in [0.717, 1.165) is 17.9 Å². The van der Waals surface area contributed by atoms with Crippen LogP contribution in [0.1, 0.15) is 33.1 Å². The summed E-state index contributed by atoms with van der Waals surface area (Å²) in [6.45, 7) is 4.73. The van der Waals surface area contributed by atoms with Crippen LogP contribution in [0, 0.1) is 23.2 Å². The van der Waals surface area contributed by atoms with Gasteiger partial charge in [-0.15, -0.1) is 33.2 Å². The van der Waals surface area contributed by atoms with Crippen molar-refractivity contribution in [3.63, 3.8) is 0 Å². The molecule has 0 saturated heterocycles. The fourth-order valence-electron chi connectivity index (χ4n) is 3.65. The Morgan fingerprint density at radius 3 is 2.29 bits per heavy atom. The highest BCUT2D eigenvalue weighted by atomic mass is 35.8. The molecule has 0 aliphatic heterocycles. The summed E-state index contributed by atoms with van der Waals surface area (Å²) in [6.07, 6.45) is 4.15. The van der Waals surface area contributed by atoms with E-state index < -0.39 is 6.00 Å². The molecule has 0 spiro atoms. The van der Waals surface area contributed by atoms with Gasteiger partial charge in [-0.25, -0.2) is 0 Å². The number of hydrogen-bond acceptors (Lipinski definition) is 0. The average molecular weight is 272 g/mol. The number of hydrogen-bond donors (Lipinski definition) is 0.